The van der Waals surface area contributed by atoms with E-state index in [0.29, 0.717) is 0 Å². The van der Waals surface area contributed by atoms with Gasteiger partial charge in [-0.3, -0.25) is 4.79 Å². The molecule has 1 aromatic carbocycles. The minimum Gasteiger partial charge on any atom is -0.392 e. The Hall–Kier alpha value is -1.41. The summed E-state index contributed by atoms with van der Waals surface area (Å²) in [5.74, 6) is 1.35. The lowest BCUT2D eigenvalue weighted by atomic mass is 9.53. The first kappa shape index (κ1) is 25.2. The van der Waals surface area contributed by atoms with Gasteiger partial charge in [-0.15, -0.1) is 23.1 Å². The fourth-order valence-electron chi connectivity index (χ4n) is 6.82. The summed E-state index contributed by atoms with van der Waals surface area (Å²) in [7, 11) is 2.11. The third-order valence-electron chi connectivity index (χ3n) is 8.92. The normalized spacial score (nSPS) is 32.1. The molecule has 5 nitrogen and oxygen atoms in total. The number of hydrogen-bond donors (Lipinski definition) is 1. The molecule has 0 bridgehead atoms. The topological polar surface area (TPSA) is 56.7 Å². The Kier molecular flexibility index (Phi) is 7.33. The molecular weight excluding hydrogens is 474 g/mol. The number of amides is 1. The standard InChI is InChI=1S/C28H39N3O2S2/c1-18(27(33)31-14-12-30(4)13-15-31)21-10-11-28(3)16-22-25(19(2)24(28)26(21)32)29-23(35-22)17-34-20-8-6-5-7-9-20/h5-9,18-19,21,24,26,32H,10-17H2,1-4H3/t18-,19+,21-,24+,26-,28+/m0/s1. The van der Waals surface area contributed by atoms with Crippen molar-refractivity contribution in [3.63, 3.8) is 0 Å². The summed E-state index contributed by atoms with van der Waals surface area (Å²) < 4.78 is 0. The maximum atomic E-state index is 13.3. The molecule has 5 rings (SSSR count). The Morgan fingerprint density at radius 2 is 1.97 bits per heavy atom. The van der Waals surface area contributed by atoms with Gasteiger partial charge in [-0.05, 0) is 55.7 Å². The molecule has 7 heteroatoms. The third-order valence-corrected chi connectivity index (χ3v) is 11.2. The van der Waals surface area contributed by atoms with Crippen LogP contribution in [-0.2, 0) is 17.0 Å². The van der Waals surface area contributed by atoms with E-state index in [1.807, 2.05) is 28.0 Å². The van der Waals surface area contributed by atoms with Crippen LogP contribution in [0.3, 0.4) is 0 Å². The summed E-state index contributed by atoms with van der Waals surface area (Å²) in [5.41, 5.74) is 1.26. The molecule has 1 aromatic heterocycles. The largest absolute Gasteiger partial charge is 0.392 e. The number of carbonyl (C=O) groups is 1. The number of piperazine rings is 1. The number of nitrogens with zero attached hydrogens (tertiary/aromatic N) is 3. The molecule has 0 radical (unpaired) electrons. The van der Waals surface area contributed by atoms with Crippen molar-refractivity contribution in [2.24, 2.45) is 23.2 Å². The van der Waals surface area contributed by atoms with Crippen LogP contribution in [0.4, 0.5) is 0 Å². The summed E-state index contributed by atoms with van der Waals surface area (Å²) in [4.78, 5) is 25.4. The van der Waals surface area contributed by atoms with E-state index < -0.39 is 6.10 Å². The Morgan fingerprint density at radius 1 is 1.26 bits per heavy atom. The van der Waals surface area contributed by atoms with Crippen LogP contribution in [0.15, 0.2) is 35.2 Å². The van der Waals surface area contributed by atoms with Crippen molar-refractivity contribution in [3.05, 3.63) is 45.9 Å². The average Bonchev–Trinajstić information content (AvgIpc) is 3.25. The number of fused-ring (bicyclic) bond motifs is 2. The molecule has 1 saturated carbocycles. The molecule has 1 N–H and O–H groups in total. The van der Waals surface area contributed by atoms with Gasteiger partial charge in [0.15, 0.2) is 0 Å². The van der Waals surface area contributed by atoms with Crippen LogP contribution in [0.1, 0.15) is 55.1 Å². The quantitative estimate of drug-likeness (QED) is 0.577. The molecular formula is C28H39N3O2S2. The zero-order valence-electron chi connectivity index (χ0n) is 21.4. The van der Waals surface area contributed by atoms with Crippen LogP contribution in [0.5, 0.6) is 0 Å². The molecule has 2 aromatic rings. The number of thiazole rings is 1. The first-order chi connectivity index (χ1) is 16.8. The van der Waals surface area contributed by atoms with E-state index in [1.54, 1.807) is 0 Å². The van der Waals surface area contributed by atoms with Gasteiger partial charge in [0.25, 0.3) is 0 Å². The van der Waals surface area contributed by atoms with Gasteiger partial charge in [0.2, 0.25) is 5.91 Å². The van der Waals surface area contributed by atoms with Gasteiger partial charge in [0.05, 0.1) is 17.6 Å². The molecule has 2 fully saturated rings. The first-order valence-electron chi connectivity index (χ1n) is 13.1. The molecule has 190 valence electrons. The first-order valence-corrected chi connectivity index (χ1v) is 14.9. The van der Waals surface area contributed by atoms with E-state index in [4.69, 9.17) is 4.98 Å². The average molecular weight is 514 g/mol. The molecule has 1 saturated heterocycles. The highest BCUT2D eigenvalue weighted by molar-refractivity contribution is 7.98. The number of thioether (sulfide) groups is 1. The van der Waals surface area contributed by atoms with Crippen molar-refractivity contribution in [2.75, 3.05) is 33.2 Å². The van der Waals surface area contributed by atoms with Crippen molar-refractivity contribution in [1.29, 1.82) is 0 Å². The molecule has 1 aliphatic heterocycles. The summed E-state index contributed by atoms with van der Waals surface area (Å²) in [5, 5.41) is 12.9. The van der Waals surface area contributed by atoms with Crippen molar-refractivity contribution < 1.29 is 9.90 Å². The maximum absolute atomic E-state index is 13.3. The fourth-order valence-corrected chi connectivity index (χ4v) is 9.10. The molecule has 0 spiro atoms. The summed E-state index contributed by atoms with van der Waals surface area (Å²) >= 11 is 3.70. The van der Waals surface area contributed by atoms with Crippen LogP contribution in [-0.4, -0.2) is 65.1 Å². The van der Waals surface area contributed by atoms with Crippen LogP contribution in [0.25, 0.3) is 0 Å². The number of likely N-dealkylation sites (N-methyl/N-ethyl adjacent to an activating group) is 1. The summed E-state index contributed by atoms with van der Waals surface area (Å²) in [6, 6.07) is 10.5. The Morgan fingerprint density at radius 3 is 2.69 bits per heavy atom. The van der Waals surface area contributed by atoms with Gasteiger partial charge < -0.3 is 14.9 Å². The van der Waals surface area contributed by atoms with Gasteiger partial charge >= 0.3 is 0 Å². The van der Waals surface area contributed by atoms with E-state index in [1.165, 1.54) is 20.5 Å². The van der Waals surface area contributed by atoms with E-state index in [0.717, 1.165) is 51.2 Å². The minimum absolute atomic E-state index is 0.0240. The lowest BCUT2D eigenvalue weighted by Crippen LogP contribution is -2.55. The van der Waals surface area contributed by atoms with Gasteiger partial charge in [-0.25, -0.2) is 4.98 Å². The van der Waals surface area contributed by atoms with E-state index in [-0.39, 0.29) is 35.0 Å². The molecule has 0 unspecified atom stereocenters. The summed E-state index contributed by atoms with van der Waals surface area (Å²) in [6.45, 7) is 10.1. The van der Waals surface area contributed by atoms with Crippen molar-refractivity contribution >= 4 is 29.0 Å². The van der Waals surface area contributed by atoms with Gasteiger partial charge in [-0.1, -0.05) is 39.0 Å². The number of benzene rings is 1. The van der Waals surface area contributed by atoms with Gasteiger partial charge in [0, 0.05) is 47.8 Å². The lowest BCUT2D eigenvalue weighted by Gasteiger charge is -2.53. The van der Waals surface area contributed by atoms with Crippen molar-refractivity contribution in [2.45, 2.75) is 62.7 Å². The Labute approximate surface area is 218 Å². The number of hydrogen-bond acceptors (Lipinski definition) is 6. The third kappa shape index (κ3) is 4.94. The monoisotopic (exact) mass is 513 g/mol. The Bertz CT molecular complexity index is 1040. The second-order valence-corrected chi connectivity index (χ2v) is 13.5. The zero-order valence-corrected chi connectivity index (χ0v) is 23.1. The van der Waals surface area contributed by atoms with E-state index in [9.17, 15) is 9.90 Å². The zero-order chi connectivity index (χ0) is 24.7. The number of rotatable bonds is 5. The second kappa shape index (κ2) is 10.2. The van der Waals surface area contributed by atoms with Crippen LogP contribution >= 0.6 is 23.1 Å². The molecule has 1 amide bonds. The van der Waals surface area contributed by atoms with Crippen LogP contribution in [0.2, 0.25) is 0 Å². The molecule has 2 aliphatic carbocycles. The fraction of sp³-hybridized carbons (Fsp3) is 0.643. The predicted octanol–water partition coefficient (Wildman–Crippen LogP) is 4.90. The number of aliphatic hydroxyl groups excluding tert-OH is 1. The SMILES string of the molecule is C[C@H](C(=O)N1CCN(C)CC1)[C@@H]1CC[C@]2(C)Cc3sc(CSc4ccccc4)nc3[C@H](C)[C@@H]2[C@H]1O. The highest BCUT2D eigenvalue weighted by atomic mass is 32.2. The minimum atomic E-state index is -0.466. The van der Waals surface area contributed by atoms with Crippen LogP contribution in [0, 0.1) is 23.2 Å². The number of carbonyl (C=O) groups excluding carboxylic acids is 1. The highest BCUT2D eigenvalue weighted by Gasteiger charge is 2.54. The van der Waals surface area contributed by atoms with Gasteiger partial charge in [-0.2, -0.15) is 0 Å². The van der Waals surface area contributed by atoms with Crippen LogP contribution < -0.4 is 0 Å². The summed E-state index contributed by atoms with van der Waals surface area (Å²) in [6.07, 6.45) is 2.52. The van der Waals surface area contributed by atoms with Crippen molar-refractivity contribution in [1.82, 2.24) is 14.8 Å². The molecule has 6 atom stereocenters. The van der Waals surface area contributed by atoms with E-state index >= 15 is 0 Å². The maximum Gasteiger partial charge on any atom is 0.225 e. The van der Waals surface area contributed by atoms with Gasteiger partial charge in [0.1, 0.15) is 5.01 Å². The van der Waals surface area contributed by atoms with E-state index in [2.05, 4.69) is 63.1 Å². The Balaban J connectivity index is 1.30. The number of aromatic nitrogens is 1. The lowest BCUT2D eigenvalue weighted by molar-refractivity contribution is -0.146. The van der Waals surface area contributed by atoms with Crippen molar-refractivity contribution in [3.8, 4) is 0 Å². The highest BCUT2D eigenvalue weighted by Crippen LogP contribution is 2.57. The molecule has 2 heterocycles. The number of aliphatic hydroxyl groups is 1. The second-order valence-electron chi connectivity index (χ2n) is 11.3. The smallest absolute Gasteiger partial charge is 0.225 e. The molecule has 35 heavy (non-hydrogen) atoms. The molecule has 3 aliphatic rings. The predicted molar refractivity (Wildman–Crippen MR) is 144 cm³/mol.